The van der Waals surface area contributed by atoms with Gasteiger partial charge in [-0.2, -0.15) is 0 Å². The number of hydrogen-bond acceptors (Lipinski definition) is 3. The predicted molar refractivity (Wildman–Crippen MR) is 72.4 cm³/mol. The molecule has 1 aromatic carbocycles. The van der Waals surface area contributed by atoms with Gasteiger partial charge in [-0.25, -0.2) is 4.98 Å². The average molecular weight is 262 g/mol. The van der Waals surface area contributed by atoms with E-state index in [0.717, 1.165) is 5.56 Å². The number of carbonyl (C=O) groups excluding carboxylic acids is 1. The molecule has 0 fully saturated rings. The van der Waals surface area contributed by atoms with Crippen molar-refractivity contribution in [1.29, 1.82) is 0 Å². The lowest BCUT2D eigenvalue weighted by Crippen LogP contribution is -2.14. The molecule has 3 N–H and O–H groups in total. The van der Waals surface area contributed by atoms with Crippen LogP contribution in [-0.2, 0) is 11.2 Å². The van der Waals surface area contributed by atoms with Gasteiger partial charge < -0.3 is 11.1 Å². The second-order valence-corrected chi connectivity index (χ2v) is 4.22. The summed E-state index contributed by atoms with van der Waals surface area (Å²) in [5.41, 5.74) is 7.80. The van der Waals surface area contributed by atoms with Crippen molar-refractivity contribution in [3.8, 4) is 0 Å². The van der Waals surface area contributed by atoms with Crippen molar-refractivity contribution >= 4 is 28.9 Å². The minimum Gasteiger partial charge on any atom is -0.399 e. The Hall–Kier alpha value is -2.07. The highest BCUT2D eigenvalue weighted by Gasteiger charge is 2.04. The van der Waals surface area contributed by atoms with Crippen molar-refractivity contribution in [1.82, 2.24) is 4.98 Å². The van der Waals surface area contributed by atoms with Crippen LogP contribution in [0, 0.1) is 0 Å². The summed E-state index contributed by atoms with van der Waals surface area (Å²) in [6.07, 6.45) is 1.83. The van der Waals surface area contributed by atoms with Gasteiger partial charge in [-0.05, 0) is 29.8 Å². The number of hydrogen-bond donors (Lipinski definition) is 2. The Morgan fingerprint density at radius 2 is 2.00 bits per heavy atom. The van der Waals surface area contributed by atoms with E-state index in [1.54, 1.807) is 30.5 Å². The quantitative estimate of drug-likeness (QED) is 0.659. The monoisotopic (exact) mass is 261 g/mol. The molecule has 0 unspecified atom stereocenters. The molecule has 18 heavy (non-hydrogen) atoms. The van der Waals surface area contributed by atoms with Crippen LogP contribution < -0.4 is 11.1 Å². The van der Waals surface area contributed by atoms with Crippen LogP contribution in [0.5, 0.6) is 0 Å². The fourth-order valence-electron chi connectivity index (χ4n) is 1.51. The molecule has 0 saturated carbocycles. The van der Waals surface area contributed by atoms with Gasteiger partial charge in [0.1, 0.15) is 5.15 Å². The smallest absolute Gasteiger partial charge is 0.228 e. The van der Waals surface area contributed by atoms with Gasteiger partial charge in [0.2, 0.25) is 5.91 Å². The van der Waals surface area contributed by atoms with E-state index in [0.29, 0.717) is 22.9 Å². The van der Waals surface area contributed by atoms with Crippen LogP contribution >= 0.6 is 11.6 Å². The number of carbonyl (C=O) groups is 1. The highest BCUT2D eigenvalue weighted by molar-refractivity contribution is 6.29. The molecule has 0 aliphatic carbocycles. The normalized spacial score (nSPS) is 10.1. The van der Waals surface area contributed by atoms with Crippen LogP contribution in [0.1, 0.15) is 5.56 Å². The molecule has 1 aromatic heterocycles. The van der Waals surface area contributed by atoms with Crippen molar-refractivity contribution in [3.05, 3.63) is 53.3 Å². The van der Waals surface area contributed by atoms with Crippen molar-refractivity contribution in [3.63, 3.8) is 0 Å². The first-order chi connectivity index (χ1) is 8.63. The number of rotatable bonds is 3. The molecule has 0 radical (unpaired) electrons. The molecular formula is C13H12ClN3O. The maximum absolute atomic E-state index is 11.8. The number of nitrogen functional groups attached to an aromatic ring is 1. The lowest BCUT2D eigenvalue weighted by Gasteiger charge is -2.05. The molecule has 0 aliphatic heterocycles. The first-order valence-corrected chi connectivity index (χ1v) is 5.77. The van der Waals surface area contributed by atoms with Gasteiger partial charge in [0, 0.05) is 17.6 Å². The number of benzene rings is 1. The van der Waals surface area contributed by atoms with Crippen LogP contribution in [0.4, 0.5) is 11.4 Å². The predicted octanol–water partition coefficient (Wildman–Crippen LogP) is 2.50. The second kappa shape index (κ2) is 5.51. The zero-order valence-electron chi connectivity index (χ0n) is 9.56. The van der Waals surface area contributed by atoms with Gasteiger partial charge in [0.15, 0.2) is 0 Å². The number of nitrogens with one attached hydrogen (secondary N) is 1. The summed E-state index contributed by atoms with van der Waals surface area (Å²) in [7, 11) is 0. The zero-order chi connectivity index (χ0) is 13.0. The molecule has 92 valence electrons. The number of aromatic nitrogens is 1. The molecule has 2 rings (SSSR count). The summed E-state index contributed by atoms with van der Waals surface area (Å²) in [4.78, 5) is 15.6. The molecule has 0 saturated heterocycles. The van der Waals surface area contributed by atoms with Gasteiger partial charge in [-0.15, -0.1) is 0 Å². The second-order valence-electron chi connectivity index (χ2n) is 3.83. The summed E-state index contributed by atoms with van der Waals surface area (Å²) < 4.78 is 0. The third kappa shape index (κ3) is 3.46. The zero-order valence-corrected chi connectivity index (χ0v) is 10.3. The fraction of sp³-hybridized carbons (Fsp3) is 0.0769. The first-order valence-electron chi connectivity index (χ1n) is 5.39. The molecule has 0 bridgehead atoms. The Morgan fingerprint density at radius 1 is 1.28 bits per heavy atom. The summed E-state index contributed by atoms with van der Waals surface area (Å²) in [5, 5.41) is 3.10. The topological polar surface area (TPSA) is 68.0 Å². The Kier molecular flexibility index (Phi) is 3.79. The summed E-state index contributed by atoms with van der Waals surface area (Å²) in [6.45, 7) is 0. The number of amides is 1. The van der Waals surface area contributed by atoms with E-state index >= 15 is 0 Å². The molecule has 1 amide bonds. The van der Waals surface area contributed by atoms with Gasteiger partial charge >= 0.3 is 0 Å². The van der Waals surface area contributed by atoms with Crippen molar-refractivity contribution in [2.24, 2.45) is 0 Å². The van der Waals surface area contributed by atoms with Crippen LogP contribution in [0.2, 0.25) is 5.15 Å². The van der Waals surface area contributed by atoms with Gasteiger partial charge in [-0.1, -0.05) is 23.7 Å². The third-order valence-corrected chi connectivity index (χ3v) is 2.56. The van der Waals surface area contributed by atoms with Crippen molar-refractivity contribution in [2.75, 3.05) is 11.1 Å². The number of pyridine rings is 1. The highest BCUT2D eigenvalue weighted by Crippen LogP contribution is 2.13. The molecule has 0 aliphatic rings. The standard InChI is InChI=1S/C13H12ClN3O/c14-12-8-11(5-6-16-12)17-13(18)7-9-1-3-10(15)4-2-9/h1-6,8H,7,15H2,(H,16,17,18). The Bertz CT molecular complexity index is 554. The third-order valence-electron chi connectivity index (χ3n) is 2.35. The minimum absolute atomic E-state index is 0.109. The lowest BCUT2D eigenvalue weighted by molar-refractivity contribution is -0.115. The van der Waals surface area contributed by atoms with Crippen LogP contribution in [-0.4, -0.2) is 10.9 Å². The summed E-state index contributed by atoms with van der Waals surface area (Å²) in [6, 6.07) is 10.5. The fourth-order valence-corrected chi connectivity index (χ4v) is 1.68. The SMILES string of the molecule is Nc1ccc(CC(=O)Nc2ccnc(Cl)c2)cc1. The highest BCUT2D eigenvalue weighted by atomic mass is 35.5. The number of nitrogens with two attached hydrogens (primary N) is 1. The molecule has 0 spiro atoms. The number of halogens is 1. The van der Waals surface area contributed by atoms with E-state index in [-0.39, 0.29) is 5.91 Å². The van der Waals surface area contributed by atoms with E-state index in [1.807, 2.05) is 12.1 Å². The average Bonchev–Trinajstić information content (AvgIpc) is 2.32. The van der Waals surface area contributed by atoms with E-state index in [4.69, 9.17) is 17.3 Å². The lowest BCUT2D eigenvalue weighted by atomic mass is 10.1. The van der Waals surface area contributed by atoms with Crippen LogP contribution in [0.3, 0.4) is 0 Å². The van der Waals surface area contributed by atoms with Crippen LogP contribution in [0.25, 0.3) is 0 Å². The van der Waals surface area contributed by atoms with Crippen LogP contribution in [0.15, 0.2) is 42.6 Å². The van der Waals surface area contributed by atoms with Gasteiger partial charge in [-0.3, -0.25) is 4.79 Å². The van der Waals surface area contributed by atoms with Gasteiger partial charge in [0.05, 0.1) is 6.42 Å². The van der Waals surface area contributed by atoms with E-state index in [2.05, 4.69) is 10.3 Å². The molecule has 0 atom stereocenters. The van der Waals surface area contributed by atoms with E-state index in [1.165, 1.54) is 0 Å². The van der Waals surface area contributed by atoms with E-state index < -0.39 is 0 Å². The van der Waals surface area contributed by atoms with Crippen molar-refractivity contribution < 1.29 is 4.79 Å². The van der Waals surface area contributed by atoms with E-state index in [9.17, 15) is 4.79 Å². The number of nitrogens with zero attached hydrogens (tertiary/aromatic N) is 1. The Balaban J connectivity index is 1.98. The first kappa shape index (κ1) is 12.4. The minimum atomic E-state index is -0.109. The Morgan fingerprint density at radius 3 is 2.67 bits per heavy atom. The molecule has 1 heterocycles. The molecule has 2 aromatic rings. The maximum atomic E-state index is 11.8. The molecule has 5 heteroatoms. The Labute approximate surface area is 110 Å². The van der Waals surface area contributed by atoms with Gasteiger partial charge in [0.25, 0.3) is 0 Å². The maximum Gasteiger partial charge on any atom is 0.228 e. The largest absolute Gasteiger partial charge is 0.399 e. The molecule has 4 nitrogen and oxygen atoms in total. The summed E-state index contributed by atoms with van der Waals surface area (Å²) >= 11 is 5.73. The number of anilines is 2. The summed E-state index contributed by atoms with van der Waals surface area (Å²) in [5.74, 6) is -0.109. The molecular weight excluding hydrogens is 250 g/mol. The van der Waals surface area contributed by atoms with Crippen molar-refractivity contribution in [2.45, 2.75) is 6.42 Å².